The minimum absolute atomic E-state index is 0. The van der Waals surface area contributed by atoms with Crippen molar-refractivity contribution in [3.8, 4) is 11.3 Å². The maximum Gasteiger partial charge on any atom is 0.259 e. The lowest BCUT2D eigenvalue weighted by Gasteiger charge is -2.21. The Labute approximate surface area is 176 Å². The Kier molecular flexibility index (Phi) is 5.56. The van der Waals surface area contributed by atoms with Gasteiger partial charge in [-0.25, -0.2) is 4.98 Å². The summed E-state index contributed by atoms with van der Waals surface area (Å²) < 4.78 is 5.43. The summed E-state index contributed by atoms with van der Waals surface area (Å²) in [7, 11) is 0. The zero-order valence-corrected chi connectivity index (χ0v) is 17.2. The molecule has 29 heavy (non-hydrogen) atoms. The maximum absolute atomic E-state index is 13.5. The Morgan fingerprint density at radius 1 is 1.14 bits per heavy atom. The number of aryl methyl sites for hydroxylation is 1. The summed E-state index contributed by atoms with van der Waals surface area (Å²) in [6.45, 7) is 5.63. The van der Waals surface area contributed by atoms with Crippen LogP contribution in [0.2, 0.25) is 0 Å². The number of nitrogens with zero attached hydrogens (tertiary/aromatic N) is 3. The summed E-state index contributed by atoms with van der Waals surface area (Å²) >= 11 is 0. The number of aromatic nitrogens is 2. The zero-order chi connectivity index (χ0) is 19.1. The Hall–Kier alpha value is -2.44. The van der Waals surface area contributed by atoms with E-state index in [1.165, 1.54) is 0 Å². The van der Waals surface area contributed by atoms with E-state index in [0.717, 1.165) is 55.7 Å². The van der Waals surface area contributed by atoms with Gasteiger partial charge >= 0.3 is 0 Å². The smallest absolute Gasteiger partial charge is 0.259 e. The van der Waals surface area contributed by atoms with Gasteiger partial charge in [0.25, 0.3) is 11.6 Å². The molecule has 6 nitrogen and oxygen atoms in total. The van der Waals surface area contributed by atoms with Gasteiger partial charge in [0, 0.05) is 18.7 Å². The third-order valence-corrected chi connectivity index (χ3v) is 6.22. The van der Waals surface area contributed by atoms with Crippen molar-refractivity contribution in [2.45, 2.75) is 19.8 Å². The van der Waals surface area contributed by atoms with Crippen LogP contribution in [-0.4, -0.2) is 47.1 Å². The maximum atomic E-state index is 13.5. The van der Waals surface area contributed by atoms with Crippen molar-refractivity contribution < 1.29 is 9.32 Å². The summed E-state index contributed by atoms with van der Waals surface area (Å²) in [6, 6.07) is 11.8. The molecule has 2 aliphatic rings. The highest BCUT2D eigenvalue weighted by Crippen LogP contribution is 2.31. The van der Waals surface area contributed by atoms with Crippen LogP contribution in [0.3, 0.4) is 0 Å². The first-order valence-corrected chi connectivity index (χ1v) is 10.0. The fourth-order valence-electron chi connectivity index (χ4n) is 4.61. The number of hydrogen-bond donors (Lipinski definition) is 1. The normalized spacial score (nSPS) is 21.5. The quantitative estimate of drug-likeness (QED) is 0.695. The molecule has 1 N–H and O–H groups in total. The number of rotatable bonds is 2. The molecule has 2 aliphatic heterocycles. The highest BCUT2D eigenvalue weighted by Gasteiger charge is 2.32. The SMILES string of the molecule is Cc1noc2nc(-c3ccccc3)cc(C(=O)N3CC[C@@H]4CNC[C@@H]4CC3)c12.Cl. The minimum atomic E-state index is 0. The van der Waals surface area contributed by atoms with Crippen molar-refractivity contribution in [1.29, 1.82) is 0 Å². The first kappa shape index (κ1) is 19.9. The largest absolute Gasteiger partial charge is 0.339 e. The number of hydrogen-bond acceptors (Lipinski definition) is 5. The van der Waals surface area contributed by atoms with Crippen molar-refractivity contribution in [3.05, 3.63) is 47.7 Å². The highest BCUT2D eigenvalue weighted by atomic mass is 35.5. The number of nitrogens with one attached hydrogen (secondary N) is 1. The van der Waals surface area contributed by atoms with Gasteiger partial charge in [0.1, 0.15) is 0 Å². The average molecular weight is 413 g/mol. The molecule has 5 rings (SSSR count). The molecule has 2 saturated heterocycles. The molecule has 2 atom stereocenters. The molecule has 0 spiro atoms. The molecule has 152 valence electrons. The molecule has 2 aromatic heterocycles. The van der Waals surface area contributed by atoms with Gasteiger partial charge in [-0.2, -0.15) is 0 Å². The summed E-state index contributed by atoms with van der Waals surface area (Å²) in [5, 5.41) is 8.29. The summed E-state index contributed by atoms with van der Waals surface area (Å²) in [5.41, 5.74) is 3.49. The third kappa shape index (κ3) is 3.63. The highest BCUT2D eigenvalue weighted by molar-refractivity contribution is 6.07. The predicted molar refractivity (Wildman–Crippen MR) is 114 cm³/mol. The molecule has 3 aromatic rings. The summed E-state index contributed by atoms with van der Waals surface area (Å²) in [4.78, 5) is 20.2. The second-order valence-corrected chi connectivity index (χ2v) is 7.92. The second-order valence-electron chi connectivity index (χ2n) is 7.92. The van der Waals surface area contributed by atoms with E-state index in [1.54, 1.807) is 0 Å². The van der Waals surface area contributed by atoms with E-state index in [9.17, 15) is 4.79 Å². The van der Waals surface area contributed by atoms with E-state index >= 15 is 0 Å². The number of pyridine rings is 1. The van der Waals surface area contributed by atoms with E-state index in [2.05, 4.69) is 15.5 Å². The van der Waals surface area contributed by atoms with Crippen LogP contribution in [-0.2, 0) is 0 Å². The Morgan fingerprint density at radius 3 is 2.52 bits per heavy atom. The number of likely N-dealkylation sites (tertiary alicyclic amines) is 1. The number of amides is 1. The van der Waals surface area contributed by atoms with E-state index < -0.39 is 0 Å². The minimum Gasteiger partial charge on any atom is -0.339 e. The number of carbonyl (C=O) groups excluding carboxylic acids is 1. The van der Waals surface area contributed by atoms with E-state index in [0.29, 0.717) is 28.8 Å². The van der Waals surface area contributed by atoms with Crippen LogP contribution in [0.5, 0.6) is 0 Å². The average Bonchev–Trinajstić information content (AvgIpc) is 3.29. The van der Waals surface area contributed by atoms with Crippen LogP contribution in [0, 0.1) is 18.8 Å². The van der Waals surface area contributed by atoms with Gasteiger partial charge in [0.15, 0.2) is 0 Å². The fourth-order valence-corrected chi connectivity index (χ4v) is 4.61. The van der Waals surface area contributed by atoms with Gasteiger partial charge in [-0.3, -0.25) is 4.79 Å². The van der Waals surface area contributed by atoms with Crippen molar-refractivity contribution in [1.82, 2.24) is 20.4 Å². The second kappa shape index (κ2) is 8.13. The standard InChI is InChI=1S/C22H24N4O2.ClH/c1-14-20-18(22(27)26-9-7-16-12-23-13-17(16)8-10-26)11-19(24-21(20)28-25-14)15-5-3-2-4-6-15;/h2-6,11,16-17,23H,7-10,12-13H2,1H3;1H/t16-,17+;. The molecule has 0 saturated carbocycles. The lowest BCUT2D eigenvalue weighted by molar-refractivity contribution is 0.0760. The third-order valence-electron chi connectivity index (χ3n) is 6.22. The molecule has 4 heterocycles. The first-order chi connectivity index (χ1) is 13.7. The van der Waals surface area contributed by atoms with Gasteiger partial charge in [0.05, 0.1) is 22.3 Å². The molecule has 7 heteroatoms. The molecular formula is C22H25ClN4O2. The molecule has 0 bridgehead atoms. The van der Waals surface area contributed by atoms with Crippen LogP contribution >= 0.6 is 12.4 Å². The predicted octanol–water partition coefficient (Wildman–Crippen LogP) is 3.69. The monoisotopic (exact) mass is 412 g/mol. The topological polar surface area (TPSA) is 71.3 Å². The van der Waals surface area contributed by atoms with Crippen molar-refractivity contribution in [2.24, 2.45) is 11.8 Å². The van der Waals surface area contributed by atoms with Gasteiger partial charge < -0.3 is 14.7 Å². The summed E-state index contributed by atoms with van der Waals surface area (Å²) in [6.07, 6.45) is 2.12. The molecular weight excluding hydrogens is 388 g/mol. The van der Waals surface area contributed by atoms with Crippen molar-refractivity contribution >= 4 is 29.4 Å². The number of carbonyl (C=O) groups is 1. The molecule has 1 amide bonds. The molecule has 0 aliphatic carbocycles. The van der Waals surface area contributed by atoms with E-state index in [-0.39, 0.29) is 18.3 Å². The molecule has 0 radical (unpaired) electrons. The van der Waals surface area contributed by atoms with Gasteiger partial charge in [-0.1, -0.05) is 35.5 Å². The number of fused-ring (bicyclic) bond motifs is 2. The molecule has 0 unspecified atom stereocenters. The zero-order valence-electron chi connectivity index (χ0n) is 16.4. The van der Waals surface area contributed by atoms with Crippen molar-refractivity contribution in [3.63, 3.8) is 0 Å². The van der Waals surface area contributed by atoms with E-state index in [4.69, 9.17) is 4.52 Å². The van der Waals surface area contributed by atoms with Crippen LogP contribution in [0.4, 0.5) is 0 Å². The van der Waals surface area contributed by atoms with Crippen LogP contribution in [0.25, 0.3) is 22.4 Å². The number of benzene rings is 1. The molecule has 2 fully saturated rings. The fraction of sp³-hybridized carbons (Fsp3) is 0.409. The number of halogens is 1. The Bertz CT molecular complexity index is 1010. The summed E-state index contributed by atoms with van der Waals surface area (Å²) in [5.74, 6) is 1.43. The first-order valence-electron chi connectivity index (χ1n) is 10.0. The van der Waals surface area contributed by atoms with Gasteiger partial charge in [-0.05, 0) is 50.8 Å². The Morgan fingerprint density at radius 2 is 1.83 bits per heavy atom. The van der Waals surface area contributed by atoms with E-state index in [1.807, 2.05) is 48.2 Å². The van der Waals surface area contributed by atoms with Crippen LogP contribution in [0.15, 0.2) is 40.9 Å². The van der Waals surface area contributed by atoms with Crippen LogP contribution < -0.4 is 5.32 Å². The molecule has 1 aromatic carbocycles. The van der Waals surface area contributed by atoms with Crippen LogP contribution in [0.1, 0.15) is 28.9 Å². The van der Waals surface area contributed by atoms with Gasteiger partial charge in [0.2, 0.25) is 0 Å². The lowest BCUT2D eigenvalue weighted by atomic mass is 9.92. The van der Waals surface area contributed by atoms with Gasteiger partial charge in [-0.15, -0.1) is 12.4 Å². The Balaban J connectivity index is 0.00000205. The lowest BCUT2D eigenvalue weighted by Crippen LogP contribution is -2.33. The van der Waals surface area contributed by atoms with Crippen molar-refractivity contribution in [2.75, 3.05) is 26.2 Å².